The number of rotatable bonds is 3. The van der Waals surface area contributed by atoms with E-state index in [4.69, 9.17) is 21.2 Å². The summed E-state index contributed by atoms with van der Waals surface area (Å²) in [5.41, 5.74) is 2.72. The summed E-state index contributed by atoms with van der Waals surface area (Å²) in [4.78, 5) is 18.5. The summed E-state index contributed by atoms with van der Waals surface area (Å²) in [5.74, 6) is -0.0721. The number of nitrogens with zero attached hydrogens (tertiary/aromatic N) is 2. The summed E-state index contributed by atoms with van der Waals surface area (Å²) in [5, 5.41) is 11.5. The molecule has 1 aliphatic carbocycles. The Morgan fingerprint density at radius 2 is 2.00 bits per heavy atom. The first-order valence-electron chi connectivity index (χ1n) is 9.47. The van der Waals surface area contributed by atoms with Crippen molar-refractivity contribution in [1.82, 2.24) is 0 Å². The summed E-state index contributed by atoms with van der Waals surface area (Å²) in [6.45, 7) is 2.45. The molecule has 2 aromatic carbocycles. The predicted molar refractivity (Wildman–Crippen MR) is 106 cm³/mol. The fraction of sp³-hybridized carbons (Fsp3) is 0.364. The normalized spacial score (nSPS) is 23.8. The highest BCUT2D eigenvalue weighted by atomic mass is 35.5. The minimum Gasteiger partial charge on any atom is -0.458 e. The van der Waals surface area contributed by atoms with E-state index in [9.17, 15) is 10.1 Å². The van der Waals surface area contributed by atoms with Gasteiger partial charge in [-0.05, 0) is 56.0 Å². The second-order valence-corrected chi connectivity index (χ2v) is 7.63. The Labute approximate surface area is 169 Å². The molecule has 4 rings (SSSR count). The number of fused-ring (bicyclic) bond motifs is 1. The van der Waals surface area contributed by atoms with Crippen molar-refractivity contribution < 1.29 is 14.4 Å². The van der Waals surface area contributed by atoms with Gasteiger partial charge in [-0.1, -0.05) is 29.8 Å². The Morgan fingerprint density at radius 3 is 2.75 bits per heavy atom. The lowest BCUT2D eigenvalue weighted by molar-refractivity contribution is -0.0176. The molecule has 0 bridgehead atoms. The van der Waals surface area contributed by atoms with Gasteiger partial charge in [-0.25, -0.2) is 4.79 Å². The van der Waals surface area contributed by atoms with Gasteiger partial charge in [0.25, 0.3) is 0 Å². The van der Waals surface area contributed by atoms with E-state index in [1.54, 1.807) is 18.2 Å². The molecule has 3 atom stereocenters. The molecule has 0 spiro atoms. The zero-order valence-corrected chi connectivity index (χ0v) is 16.4. The van der Waals surface area contributed by atoms with Crippen molar-refractivity contribution in [2.75, 3.05) is 11.7 Å². The van der Waals surface area contributed by atoms with E-state index in [-0.39, 0.29) is 24.0 Å². The molecule has 28 heavy (non-hydrogen) atoms. The zero-order valence-electron chi connectivity index (χ0n) is 15.6. The molecule has 2 aromatic rings. The molecule has 1 unspecified atom stereocenters. The summed E-state index contributed by atoms with van der Waals surface area (Å²) in [6.07, 6.45) is 2.39. The summed E-state index contributed by atoms with van der Waals surface area (Å²) in [7, 11) is 0. The van der Waals surface area contributed by atoms with Crippen LogP contribution in [-0.2, 0) is 9.57 Å². The largest absolute Gasteiger partial charge is 0.458 e. The van der Waals surface area contributed by atoms with Crippen LogP contribution in [0.4, 0.5) is 5.69 Å². The van der Waals surface area contributed by atoms with Gasteiger partial charge in [0.05, 0.1) is 34.5 Å². The average Bonchev–Trinajstić information content (AvgIpc) is 3.14. The highest BCUT2D eigenvalue weighted by Gasteiger charge is 2.45. The first kappa shape index (κ1) is 18.8. The molecule has 2 fully saturated rings. The van der Waals surface area contributed by atoms with Crippen LogP contribution in [-0.4, -0.2) is 24.7 Å². The first-order chi connectivity index (χ1) is 13.6. The van der Waals surface area contributed by atoms with E-state index < -0.39 is 0 Å². The van der Waals surface area contributed by atoms with Crippen LogP contribution in [0.1, 0.15) is 40.7 Å². The minimum atomic E-state index is -0.276. The SMILES string of the molecule is Cc1c(N2OCC[C@@H]3C(OC(=O)c4ccccc4)CC[C@@H]32)ccc(C#N)c1Cl. The number of esters is 1. The number of carbonyl (C=O) groups excluding carboxylic acids is 1. The fourth-order valence-electron chi connectivity index (χ4n) is 4.24. The molecule has 1 saturated heterocycles. The van der Waals surface area contributed by atoms with E-state index in [1.807, 2.05) is 36.3 Å². The number of carbonyl (C=O) groups is 1. The lowest BCUT2D eigenvalue weighted by Crippen LogP contribution is -2.46. The number of hydrogen-bond donors (Lipinski definition) is 0. The van der Waals surface area contributed by atoms with Crippen LogP contribution in [0.15, 0.2) is 42.5 Å². The highest BCUT2D eigenvalue weighted by molar-refractivity contribution is 6.32. The van der Waals surface area contributed by atoms with Crippen LogP contribution >= 0.6 is 11.6 Å². The number of ether oxygens (including phenoxy) is 1. The van der Waals surface area contributed by atoms with Crippen LogP contribution < -0.4 is 5.06 Å². The van der Waals surface area contributed by atoms with Crippen molar-refractivity contribution in [2.24, 2.45) is 5.92 Å². The van der Waals surface area contributed by atoms with Crippen molar-refractivity contribution >= 4 is 23.3 Å². The van der Waals surface area contributed by atoms with Gasteiger partial charge in [0.15, 0.2) is 0 Å². The van der Waals surface area contributed by atoms with Crippen molar-refractivity contribution in [3.63, 3.8) is 0 Å². The second-order valence-electron chi connectivity index (χ2n) is 7.25. The summed E-state index contributed by atoms with van der Waals surface area (Å²) in [6, 6.07) is 14.9. The first-order valence-corrected chi connectivity index (χ1v) is 9.85. The van der Waals surface area contributed by atoms with Gasteiger partial charge in [-0.2, -0.15) is 5.26 Å². The summed E-state index contributed by atoms with van der Waals surface area (Å²) < 4.78 is 5.85. The van der Waals surface area contributed by atoms with Gasteiger partial charge in [0.2, 0.25) is 0 Å². The van der Waals surface area contributed by atoms with Crippen molar-refractivity contribution in [1.29, 1.82) is 5.26 Å². The van der Waals surface area contributed by atoms with Crippen LogP contribution in [0, 0.1) is 24.2 Å². The van der Waals surface area contributed by atoms with Crippen LogP contribution in [0.5, 0.6) is 0 Å². The molecule has 5 nitrogen and oxygen atoms in total. The number of hydroxylamine groups is 1. The van der Waals surface area contributed by atoms with Crippen molar-refractivity contribution in [2.45, 2.75) is 38.3 Å². The third-order valence-electron chi connectivity index (χ3n) is 5.69. The molecule has 0 radical (unpaired) electrons. The van der Waals surface area contributed by atoms with Gasteiger partial charge < -0.3 is 4.74 Å². The van der Waals surface area contributed by atoms with Crippen LogP contribution in [0.25, 0.3) is 0 Å². The van der Waals surface area contributed by atoms with Gasteiger partial charge >= 0.3 is 5.97 Å². The number of halogens is 1. The second kappa shape index (κ2) is 7.83. The van der Waals surface area contributed by atoms with Crippen molar-refractivity contribution in [3.8, 4) is 6.07 Å². The molecular formula is C22H21ClN2O3. The maximum atomic E-state index is 12.5. The molecule has 144 valence electrons. The standard InChI is InChI=1S/C22H21ClN2O3/c1-14-18(8-7-16(13-24)21(14)23)25-19-9-10-20(17(19)11-12-27-25)28-22(26)15-5-3-2-4-6-15/h2-8,17,19-20H,9-12H2,1H3/t17-,19-,20?/m0/s1. The van der Waals surface area contributed by atoms with Crippen LogP contribution in [0.3, 0.4) is 0 Å². The van der Waals surface area contributed by atoms with Gasteiger partial charge in [-0.15, -0.1) is 0 Å². The van der Waals surface area contributed by atoms with E-state index in [1.165, 1.54) is 0 Å². The molecule has 0 amide bonds. The average molecular weight is 397 g/mol. The maximum Gasteiger partial charge on any atom is 0.338 e. The Balaban J connectivity index is 1.53. The zero-order chi connectivity index (χ0) is 19.7. The lowest BCUT2D eigenvalue weighted by Gasteiger charge is -2.40. The van der Waals surface area contributed by atoms with Gasteiger partial charge in [0, 0.05) is 5.92 Å². The molecular weight excluding hydrogens is 376 g/mol. The number of hydrogen-bond acceptors (Lipinski definition) is 5. The van der Waals surface area contributed by atoms with E-state index in [0.717, 1.165) is 30.5 Å². The molecule has 0 N–H and O–H groups in total. The Bertz CT molecular complexity index is 925. The van der Waals surface area contributed by atoms with Crippen LogP contribution in [0.2, 0.25) is 5.02 Å². The maximum absolute atomic E-state index is 12.5. The fourth-order valence-corrected chi connectivity index (χ4v) is 4.44. The van der Waals surface area contributed by atoms with Gasteiger partial charge in [0.1, 0.15) is 12.2 Å². The van der Waals surface area contributed by atoms with E-state index >= 15 is 0 Å². The van der Waals surface area contributed by atoms with E-state index in [2.05, 4.69) is 6.07 Å². The lowest BCUT2D eigenvalue weighted by atomic mass is 9.95. The van der Waals surface area contributed by atoms with Gasteiger partial charge in [-0.3, -0.25) is 9.90 Å². The number of anilines is 1. The minimum absolute atomic E-state index is 0.116. The third kappa shape index (κ3) is 3.34. The Hall–Kier alpha value is -2.55. The Kier molecular flexibility index (Phi) is 5.25. The monoisotopic (exact) mass is 396 g/mol. The topological polar surface area (TPSA) is 62.6 Å². The molecule has 0 aromatic heterocycles. The number of nitriles is 1. The molecule has 1 heterocycles. The smallest absolute Gasteiger partial charge is 0.338 e. The highest BCUT2D eigenvalue weighted by Crippen LogP contribution is 2.42. The van der Waals surface area contributed by atoms with E-state index in [0.29, 0.717) is 22.8 Å². The predicted octanol–water partition coefficient (Wildman–Crippen LogP) is 4.67. The molecule has 1 aliphatic heterocycles. The number of benzene rings is 2. The quantitative estimate of drug-likeness (QED) is 0.705. The van der Waals surface area contributed by atoms with Crippen molar-refractivity contribution in [3.05, 3.63) is 64.2 Å². The third-order valence-corrected chi connectivity index (χ3v) is 6.17. The molecule has 6 heteroatoms. The molecule has 2 aliphatic rings. The summed E-state index contributed by atoms with van der Waals surface area (Å²) >= 11 is 6.35. The molecule has 1 saturated carbocycles. The Morgan fingerprint density at radius 1 is 1.21 bits per heavy atom.